The molecule has 0 spiro atoms. The molecule has 3 aromatic rings. The summed E-state index contributed by atoms with van der Waals surface area (Å²) in [5.41, 5.74) is 2.14. The lowest BCUT2D eigenvalue weighted by Crippen LogP contribution is -2.34. The molecule has 0 heterocycles. The molecule has 42 heavy (non-hydrogen) atoms. The fourth-order valence-corrected chi connectivity index (χ4v) is 5.10. The number of hydrogen-bond acceptors (Lipinski definition) is 4. The van der Waals surface area contributed by atoms with E-state index in [-0.39, 0.29) is 12.1 Å². The van der Waals surface area contributed by atoms with E-state index in [1.54, 1.807) is 0 Å². The minimum Gasteiger partial charge on any atom is -0.469 e. The molecule has 4 heteroatoms. The maximum absolute atomic E-state index is 11.2. The van der Waals surface area contributed by atoms with Gasteiger partial charge in [0.15, 0.2) is 5.60 Å². The number of methoxy groups -OCH3 is 1. The molecule has 0 aliphatic heterocycles. The van der Waals surface area contributed by atoms with Gasteiger partial charge in [-0.2, -0.15) is 0 Å². The van der Waals surface area contributed by atoms with Crippen molar-refractivity contribution in [1.29, 1.82) is 0 Å². The van der Waals surface area contributed by atoms with E-state index in [0.717, 1.165) is 74.5 Å². The quantitative estimate of drug-likeness (QED) is 0.0340. The molecule has 0 bridgehead atoms. The molecular formula is C38H48O4. The van der Waals surface area contributed by atoms with Crippen LogP contribution >= 0.6 is 0 Å². The first-order valence-corrected chi connectivity index (χ1v) is 15.6. The molecule has 1 unspecified atom stereocenters. The minimum absolute atomic E-state index is 0.113. The van der Waals surface area contributed by atoms with E-state index >= 15 is 0 Å². The van der Waals surface area contributed by atoms with Gasteiger partial charge in [-0.05, 0) is 42.4 Å². The van der Waals surface area contributed by atoms with Crippen LogP contribution in [0.3, 0.4) is 0 Å². The number of hydrogen-bond donors (Lipinski definition) is 0. The smallest absolute Gasteiger partial charge is 0.305 e. The Morgan fingerprint density at radius 2 is 1.26 bits per heavy atom. The van der Waals surface area contributed by atoms with Crippen LogP contribution in [0.5, 0.6) is 0 Å². The Morgan fingerprint density at radius 1 is 0.714 bits per heavy atom. The van der Waals surface area contributed by atoms with Gasteiger partial charge in [-0.15, -0.1) is 0 Å². The molecule has 3 aromatic carbocycles. The van der Waals surface area contributed by atoms with Crippen molar-refractivity contribution in [1.82, 2.24) is 0 Å². The summed E-state index contributed by atoms with van der Waals surface area (Å²) >= 11 is 0. The molecule has 224 valence electrons. The van der Waals surface area contributed by atoms with Gasteiger partial charge in [0.2, 0.25) is 0 Å². The van der Waals surface area contributed by atoms with Gasteiger partial charge in [0.25, 0.3) is 0 Å². The number of allylic oxidation sites excluding steroid dienone is 3. The third kappa shape index (κ3) is 10.7. The van der Waals surface area contributed by atoms with Crippen molar-refractivity contribution in [2.75, 3.05) is 7.11 Å². The molecule has 4 nitrogen and oxygen atoms in total. The molecule has 3 rings (SSSR count). The number of benzene rings is 3. The Balaban J connectivity index is 1.68. The van der Waals surface area contributed by atoms with Crippen LogP contribution in [-0.4, -0.2) is 19.2 Å². The zero-order valence-corrected chi connectivity index (χ0v) is 25.5. The molecule has 0 saturated heterocycles. The SMILES string of the molecule is CCCCCC(/C=C/C=C\CCCCCCCC(=O)OC)OOC(c1ccccc1)(c1ccccc1)c1ccccc1. The molecule has 0 amide bonds. The van der Waals surface area contributed by atoms with Crippen molar-refractivity contribution in [3.63, 3.8) is 0 Å². The first-order valence-electron chi connectivity index (χ1n) is 15.6. The Bertz CT molecular complexity index is 1070. The highest BCUT2D eigenvalue weighted by Crippen LogP contribution is 2.41. The largest absolute Gasteiger partial charge is 0.469 e. The first kappa shape index (κ1) is 33.0. The number of carbonyl (C=O) groups is 1. The summed E-state index contributed by atoms with van der Waals surface area (Å²) in [6, 6.07) is 31.0. The van der Waals surface area contributed by atoms with Crippen molar-refractivity contribution >= 4 is 5.97 Å². The Morgan fingerprint density at radius 3 is 1.81 bits per heavy atom. The van der Waals surface area contributed by atoms with Crippen molar-refractivity contribution < 1.29 is 19.3 Å². The van der Waals surface area contributed by atoms with Crippen LogP contribution in [0.25, 0.3) is 0 Å². The fraction of sp³-hybridized carbons (Fsp3) is 0.395. The molecule has 0 radical (unpaired) electrons. The van der Waals surface area contributed by atoms with Gasteiger partial charge in [-0.25, -0.2) is 9.78 Å². The maximum Gasteiger partial charge on any atom is 0.305 e. The van der Waals surface area contributed by atoms with Crippen LogP contribution in [0.15, 0.2) is 115 Å². The van der Waals surface area contributed by atoms with Crippen LogP contribution in [0.1, 0.15) is 94.2 Å². The van der Waals surface area contributed by atoms with Crippen LogP contribution in [0.4, 0.5) is 0 Å². The maximum atomic E-state index is 11.2. The zero-order valence-electron chi connectivity index (χ0n) is 25.5. The number of unbranched alkanes of at least 4 members (excludes halogenated alkanes) is 7. The topological polar surface area (TPSA) is 44.8 Å². The van der Waals surface area contributed by atoms with Gasteiger partial charge in [0.1, 0.15) is 6.10 Å². The van der Waals surface area contributed by atoms with E-state index in [2.05, 4.69) is 67.6 Å². The molecular weight excluding hydrogens is 520 g/mol. The van der Waals surface area contributed by atoms with Gasteiger partial charge in [0, 0.05) is 6.42 Å². The van der Waals surface area contributed by atoms with Gasteiger partial charge in [0.05, 0.1) is 7.11 Å². The first-order chi connectivity index (χ1) is 20.7. The lowest BCUT2D eigenvalue weighted by molar-refractivity contribution is -0.362. The number of carbonyl (C=O) groups excluding carboxylic acids is 1. The van der Waals surface area contributed by atoms with Crippen LogP contribution < -0.4 is 0 Å². The lowest BCUT2D eigenvalue weighted by atomic mass is 9.80. The summed E-state index contributed by atoms with van der Waals surface area (Å²) in [4.78, 5) is 24.2. The van der Waals surface area contributed by atoms with Gasteiger partial charge in [-0.3, -0.25) is 4.79 Å². The molecule has 0 fully saturated rings. The zero-order chi connectivity index (χ0) is 29.7. The Labute approximate surface area is 253 Å². The van der Waals surface area contributed by atoms with E-state index in [0.29, 0.717) is 6.42 Å². The minimum atomic E-state index is -0.909. The Hall–Kier alpha value is -3.47. The molecule has 0 saturated carbocycles. The number of esters is 1. The molecule has 0 aliphatic rings. The van der Waals surface area contributed by atoms with Crippen molar-refractivity contribution in [3.8, 4) is 0 Å². The molecule has 0 aromatic heterocycles. The highest BCUT2D eigenvalue weighted by molar-refractivity contribution is 5.68. The molecule has 1 atom stereocenters. The number of ether oxygens (including phenoxy) is 1. The third-order valence-corrected chi connectivity index (χ3v) is 7.48. The van der Waals surface area contributed by atoms with Crippen LogP contribution in [-0.2, 0) is 24.9 Å². The third-order valence-electron chi connectivity index (χ3n) is 7.48. The highest BCUT2D eigenvalue weighted by Gasteiger charge is 2.39. The summed E-state index contributed by atoms with van der Waals surface area (Å²) in [7, 11) is 1.45. The predicted molar refractivity (Wildman–Crippen MR) is 172 cm³/mol. The van der Waals surface area contributed by atoms with Crippen molar-refractivity contribution in [2.45, 2.75) is 89.3 Å². The normalized spacial score (nSPS) is 12.6. The average Bonchev–Trinajstić information content (AvgIpc) is 3.05. The fourth-order valence-electron chi connectivity index (χ4n) is 5.10. The van der Waals surface area contributed by atoms with E-state index in [1.807, 2.05) is 54.6 Å². The summed E-state index contributed by atoms with van der Waals surface area (Å²) in [6.07, 6.45) is 19.7. The second-order valence-corrected chi connectivity index (χ2v) is 10.7. The molecule has 0 N–H and O–H groups in total. The van der Waals surface area contributed by atoms with Gasteiger partial charge in [-0.1, -0.05) is 161 Å². The van der Waals surface area contributed by atoms with E-state index < -0.39 is 5.60 Å². The summed E-state index contributed by atoms with van der Waals surface area (Å²) in [6.45, 7) is 2.22. The van der Waals surface area contributed by atoms with E-state index in [1.165, 1.54) is 13.5 Å². The van der Waals surface area contributed by atoms with E-state index in [4.69, 9.17) is 14.5 Å². The van der Waals surface area contributed by atoms with Gasteiger partial charge < -0.3 is 4.74 Å². The lowest BCUT2D eigenvalue weighted by Gasteiger charge is -2.35. The summed E-state index contributed by atoms with van der Waals surface area (Å²) < 4.78 is 4.70. The average molecular weight is 569 g/mol. The van der Waals surface area contributed by atoms with Crippen LogP contribution in [0, 0.1) is 0 Å². The second-order valence-electron chi connectivity index (χ2n) is 10.7. The van der Waals surface area contributed by atoms with Gasteiger partial charge >= 0.3 is 5.97 Å². The van der Waals surface area contributed by atoms with Crippen molar-refractivity contribution in [3.05, 3.63) is 132 Å². The summed E-state index contributed by atoms with van der Waals surface area (Å²) in [5, 5.41) is 0. The standard InChI is InChI=1S/C38H48O4/c1-3-4-15-30-36(31-22-10-8-6-5-7-9-11-23-32-37(39)40-2)41-42-38(33-24-16-12-17-25-33,34-26-18-13-19-27-34)35-28-20-14-21-29-35/h8,10,12-14,16-22,24-29,31,36H,3-7,9,11,15,23,30,32H2,1-2H3/b10-8-,31-22+. The second kappa shape index (κ2) is 19.6. The monoisotopic (exact) mass is 568 g/mol. The predicted octanol–water partition coefficient (Wildman–Crippen LogP) is 9.89. The number of rotatable bonds is 20. The Kier molecular flexibility index (Phi) is 15.4. The highest BCUT2D eigenvalue weighted by atomic mass is 17.2. The van der Waals surface area contributed by atoms with Crippen LogP contribution in [0.2, 0.25) is 0 Å². The summed E-state index contributed by atoms with van der Waals surface area (Å²) in [5.74, 6) is -0.113. The molecule has 0 aliphatic carbocycles. The van der Waals surface area contributed by atoms with Crippen molar-refractivity contribution in [2.24, 2.45) is 0 Å². The van der Waals surface area contributed by atoms with E-state index in [9.17, 15) is 4.79 Å².